The van der Waals surface area contributed by atoms with Crippen molar-refractivity contribution in [1.29, 1.82) is 0 Å². The molecular weight excluding hydrogens is 144 g/mol. The van der Waals surface area contributed by atoms with E-state index in [0.717, 1.165) is 6.08 Å². The lowest BCUT2D eigenvalue weighted by atomic mass is 10.2. The van der Waals surface area contributed by atoms with Crippen molar-refractivity contribution in [2.75, 3.05) is 0 Å². The highest BCUT2D eigenvalue weighted by molar-refractivity contribution is 6.03. The van der Waals surface area contributed by atoms with Crippen molar-refractivity contribution in [2.24, 2.45) is 0 Å². The van der Waals surface area contributed by atoms with Crippen molar-refractivity contribution in [3.05, 3.63) is 36.0 Å². The van der Waals surface area contributed by atoms with Gasteiger partial charge in [-0.05, 0) is 23.8 Å². The van der Waals surface area contributed by atoms with Crippen LogP contribution in [0.2, 0.25) is 0 Å². The summed E-state index contributed by atoms with van der Waals surface area (Å²) in [5.74, 6) is -1.12. The fraction of sp³-hybridized carbons (Fsp3) is 0. The molecule has 3 nitrogen and oxygen atoms in total. The summed E-state index contributed by atoms with van der Waals surface area (Å²) in [6.45, 7) is 0. The first-order valence-electron chi connectivity index (χ1n) is 3.03. The first-order valence-corrected chi connectivity index (χ1v) is 3.03. The Morgan fingerprint density at radius 3 is 2.64 bits per heavy atom. The van der Waals surface area contributed by atoms with Crippen LogP contribution in [0.25, 0.3) is 0 Å². The molecule has 3 heteroatoms. The molecule has 0 unspecified atom stereocenters. The Kier molecular flexibility index (Phi) is 2.01. The van der Waals surface area contributed by atoms with E-state index < -0.39 is 5.97 Å². The molecule has 0 atom stereocenters. The zero-order valence-electron chi connectivity index (χ0n) is 5.65. The molecule has 0 spiro atoms. The van der Waals surface area contributed by atoms with E-state index in [4.69, 9.17) is 5.11 Å². The minimum Gasteiger partial charge on any atom is -0.478 e. The van der Waals surface area contributed by atoms with E-state index in [-0.39, 0.29) is 5.78 Å². The maximum Gasteiger partial charge on any atom is 0.328 e. The van der Waals surface area contributed by atoms with Gasteiger partial charge in [-0.15, -0.1) is 0 Å². The summed E-state index contributed by atoms with van der Waals surface area (Å²) >= 11 is 0. The van der Waals surface area contributed by atoms with Gasteiger partial charge in [0.15, 0.2) is 5.78 Å². The summed E-state index contributed by atoms with van der Waals surface area (Å²) in [5.41, 5.74) is 0.623. The Balaban J connectivity index is 2.66. The number of carboxylic acid groups (broad SMARTS) is 1. The molecule has 0 heterocycles. The van der Waals surface area contributed by atoms with Crippen LogP contribution >= 0.6 is 0 Å². The minimum atomic E-state index is -1.02. The molecule has 0 aliphatic heterocycles. The number of carbonyl (C=O) groups excluding carboxylic acids is 1. The molecule has 0 saturated carbocycles. The number of hydrogen-bond acceptors (Lipinski definition) is 2. The average Bonchev–Trinajstić information content (AvgIpc) is 2.31. The molecule has 0 bridgehead atoms. The Bertz CT molecular complexity index is 282. The van der Waals surface area contributed by atoms with Gasteiger partial charge >= 0.3 is 5.97 Å². The second-order valence-electron chi connectivity index (χ2n) is 2.05. The van der Waals surface area contributed by atoms with Crippen LogP contribution in [0, 0.1) is 0 Å². The van der Waals surface area contributed by atoms with E-state index >= 15 is 0 Å². The van der Waals surface area contributed by atoms with E-state index in [1.807, 2.05) is 0 Å². The zero-order chi connectivity index (χ0) is 8.27. The van der Waals surface area contributed by atoms with Crippen LogP contribution in [0.1, 0.15) is 0 Å². The van der Waals surface area contributed by atoms with E-state index in [1.165, 1.54) is 18.2 Å². The van der Waals surface area contributed by atoms with Crippen molar-refractivity contribution >= 4 is 11.8 Å². The molecule has 0 saturated heterocycles. The third kappa shape index (κ3) is 2.21. The lowest BCUT2D eigenvalue weighted by Crippen LogP contribution is -1.85. The Morgan fingerprint density at radius 2 is 2.18 bits per heavy atom. The van der Waals surface area contributed by atoms with Gasteiger partial charge in [-0.2, -0.15) is 0 Å². The Hall–Kier alpha value is -1.64. The van der Waals surface area contributed by atoms with Crippen molar-refractivity contribution in [3.63, 3.8) is 0 Å². The van der Waals surface area contributed by atoms with Gasteiger partial charge in [0.25, 0.3) is 0 Å². The topological polar surface area (TPSA) is 54.4 Å². The normalized spacial score (nSPS) is 16.0. The lowest BCUT2D eigenvalue weighted by molar-refractivity contribution is -0.131. The molecule has 1 N–H and O–H groups in total. The smallest absolute Gasteiger partial charge is 0.328 e. The predicted octanol–water partition coefficient (Wildman–Crippen LogP) is 0.692. The van der Waals surface area contributed by atoms with E-state index in [2.05, 4.69) is 0 Å². The molecule has 56 valence electrons. The van der Waals surface area contributed by atoms with Gasteiger partial charge in [0.05, 0.1) is 0 Å². The molecular formula is C8H6O3. The standard InChI is InChI=1S/C8H6O3/c9-7-3-1-6(5-7)2-4-8(10)11/h1-5H,(H,10,11)/b4-2+. The molecule has 1 rings (SSSR count). The highest BCUT2D eigenvalue weighted by Gasteiger charge is 2.00. The van der Waals surface area contributed by atoms with Crippen LogP contribution < -0.4 is 0 Å². The first-order chi connectivity index (χ1) is 5.18. The highest BCUT2D eigenvalue weighted by atomic mass is 16.4. The fourth-order valence-electron chi connectivity index (χ4n) is 0.710. The van der Waals surface area contributed by atoms with Gasteiger partial charge in [0.2, 0.25) is 0 Å². The second kappa shape index (κ2) is 2.96. The maximum atomic E-state index is 10.6. The maximum absolute atomic E-state index is 10.6. The van der Waals surface area contributed by atoms with Gasteiger partial charge in [0, 0.05) is 6.08 Å². The van der Waals surface area contributed by atoms with Crippen molar-refractivity contribution in [2.45, 2.75) is 0 Å². The molecule has 0 aromatic rings. The molecule has 1 aliphatic rings. The molecule has 0 radical (unpaired) electrons. The number of hydrogen-bond donors (Lipinski definition) is 1. The third-order valence-electron chi connectivity index (χ3n) is 1.17. The summed E-state index contributed by atoms with van der Waals surface area (Å²) in [4.78, 5) is 20.6. The van der Waals surface area contributed by atoms with Crippen molar-refractivity contribution in [3.8, 4) is 0 Å². The van der Waals surface area contributed by atoms with Gasteiger partial charge in [-0.1, -0.05) is 6.08 Å². The molecule has 11 heavy (non-hydrogen) atoms. The quantitative estimate of drug-likeness (QED) is 0.589. The largest absolute Gasteiger partial charge is 0.478 e. The summed E-state index contributed by atoms with van der Waals surface area (Å²) in [6.07, 6.45) is 6.71. The first kappa shape index (κ1) is 7.47. The number of rotatable bonds is 2. The van der Waals surface area contributed by atoms with Crippen LogP contribution in [0.3, 0.4) is 0 Å². The zero-order valence-corrected chi connectivity index (χ0v) is 5.65. The van der Waals surface area contributed by atoms with Crippen molar-refractivity contribution < 1.29 is 14.7 Å². The Labute approximate surface area is 63.3 Å². The van der Waals surface area contributed by atoms with Crippen LogP contribution in [-0.2, 0) is 9.59 Å². The van der Waals surface area contributed by atoms with Crippen LogP contribution in [-0.4, -0.2) is 16.9 Å². The predicted molar refractivity (Wildman–Crippen MR) is 39.0 cm³/mol. The van der Waals surface area contributed by atoms with Crippen LogP contribution in [0.15, 0.2) is 36.0 Å². The van der Waals surface area contributed by atoms with Gasteiger partial charge < -0.3 is 5.11 Å². The fourth-order valence-corrected chi connectivity index (χ4v) is 0.710. The highest BCUT2D eigenvalue weighted by Crippen LogP contribution is 2.06. The molecule has 0 fully saturated rings. The average molecular weight is 150 g/mol. The SMILES string of the molecule is O=C1C=CC(/C=C/C(=O)O)=C1. The van der Waals surface area contributed by atoms with Crippen molar-refractivity contribution in [1.82, 2.24) is 0 Å². The van der Waals surface area contributed by atoms with Gasteiger partial charge in [-0.25, -0.2) is 4.79 Å². The number of carbonyl (C=O) groups is 2. The lowest BCUT2D eigenvalue weighted by Gasteiger charge is -1.82. The molecule has 1 aliphatic carbocycles. The molecule has 0 amide bonds. The third-order valence-corrected chi connectivity index (χ3v) is 1.17. The number of allylic oxidation sites excluding steroid dienone is 5. The minimum absolute atomic E-state index is 0.102. The second-order valence-corrected chi connectivity index (χ2v) is 2.05. The van der Waals surface area contributed by atoms with Crippen LogP contribution in [0.4, 0.5) is 0 Å². The summed E-state index contributed by atoms with van der Waals surface area (Å²) in [5, 5.41) is 8.22. The van der Waals surface area contributed by atoms with Gasteiger partial charge in [0.1, 0.15) is 0 Å². The summed E-state index contributed by atoms with van der Waals surface area (Å²) in [7, 11) is 0. The summed E-state index contributed by atoms with van der Waals surface area (Å²) < 4.78 is 0. The van der Waals surface area contributed by atoms with E-state index in [0.29, 0.717) is 5.57 Å². The van der Waals surface area contributed by atoms with Gasteiger partial charge in [-0.3, -0.25) is 4.79 Å². The number of ketones is 1. The summed E-state index contributed by atoms with van der Waals surface area (Å²) in [6, 6.07) is 0. The monoisotopic (exact) mass is 150 g/mol. The Morgan fingerprint density at radius 1 is 1.45 bits per heavy atom. The molecule has 0 aromatic carbocycles. The number of carboxylic acids is 1. The molecule has 0 aromatic heterocycles. The van der Waals surface area contributed by atoms with E-state index in [1.54, 1.807) is 6.08 Å². The van der Waals surface area contributed by atoms with Crippen LogP contribution in [0.5, 0.6) is 0 Å². The van der Waals surface area contributed by atoms with E-state index in [9.17, 15) is 9.59 Å². The number of aliphatic carboxylic acids is 1.